The molecule has 0 aromatic heterocycles. The number of anilines is 3. The van der Waals surface area contributed by atoms with E-state index in [2.05, 4.69) is 47.2 Å². The van der Waals surface area contributed by atoms with Crippen LogP contribution in [0.25, 0.3) is 0 Å². The van der Waals surface area contributed by atoms with Gasteiger partial charge in [0.2, 0.25) is 0 Å². The molecule has 0 saturated heterocycles. The van der Waals surface area contributed by atoms with Gasteiger partial charge in [0.25, 0.3) is 0 Å². The molecule has 3 nitrogen and oxygen atoms in total. The standard InChI is InChI=1S/C21H21N3/c1-23-13-24(17-8-2-14(12-22)3-9-17)21-11-19-16-6-4-15(5-7-16)18(19)10-20(21)23/h2-3,8-11,15-16H,4-7,13H2,1H3. The van der Waals surface area contributed by atoms with Gasteiger partial charge in [-0.1, -0.05) is 0 Å². The van der Waals surface area contributed by atoms with Crippen molar-refractivity contribution in [3.63, 3.8) is 0 Å². The van der Waals surface area contributed by atoms with Crippen molar-refractivity contribution in [2.75, 3.05) is 23.5 Å². The Kier molecular flexibility index (Phi) is 2.91. The van der Waals surface area contributed by atoms with Crippen molar-refractivity contribution in [2.24, 2.45) is 0 Å². The maximum atomic E-state index is 9.01. The Morgan fingerprint density at radius 3 is 2.08 bits per heavy atom. The Morgan fingerprint density at radius 1 is 0.917 bits per heavy atom. The quantitative estimate of drug-likeness (QED) is 0.753. The summed E-state index contributed by atoms with van der Waals surface area (Å²) < 4.78 is 0. The zero-order valence-electron chi connectivity index (χ0n) is 14.0. The third kappa shape index (κ3) is 1.89. The largest absolute Gasteiger partial charge is 0.355 e. The molecular weight excluding hydrogens is 294 g/mol. The van der Waals surface area contributed by atoms with E-state index in [4.69, 9.17) is 5.26 Å². The molecule has 6 rings (SSSR count). The van der Waals surface area contributed by atoms with E-state index in [1.807, 2.05) is 12.1 Å². The van der Waals surface area contributed by atoms with Crippen LogP contribution in [-0.4, -0.2) is 13.7 Å². The van der Waals surface area contributed by atoms with Crippen LogP contribution in [-0.2, 0) is 0 Å². The topological polar surface area (TPSA) is 30.3 Å². The van der Waals surface area contributed by atoms with E-state index in [0.717, 1.165) is 18.5 Å². The summed E-state index contributed by atoms with van der Waals surface area (Å²) in [6, 6.07) is 15.1. The number of nitriles is 1. The summed E-state index contributed by atoms with van der Waals surface area (Å²) >= 11 is 0. The van der Waals surface area contributed by atoms with Crippen molar-refractivity contribution in [1.82, 2.24) is 0 Å². The van der Waals surface area contributed by atoms with Crippen molar-refractivity contribution >= 4 is 17.1 Å². The third-order valence-electron chi connectivity index (χ3n) is 6.15. The number of benzene rings is 2. The molecule has 2 aromatic carbocycles. The van der Waals surface area contributed by atoms with Gasteiger partial charge >= 0.3 is 0 Å². The van der Waals surface area contributed by atoms with Crippen LogP contribution < -0.4 is 9.80 Å². The smallest absolute Gasteiger partial charge is 0.0991 e. The maximum absolute atomic E-state index is 9.01. The Balaban J connectivity index is 1.61. The van der Waals surface area contributed by atoms with Crippen molar-refractivity contribution in [3.8, 4) is 6.07 Å². The van der Waals surface area contributed by atoms with E-state index >= 15 is 0 Å². The molecule has 0 unspecified atom stereocenters. The summed E-state index contributed by atoms with van der Waals surface area (Å²) in [6.07, 6.45) is 5.48. The summed E-state index contributed by atoms with van der Waals surface area (Å²) in [5.74, 6) is 1.55. The second kappa shape index (κ2) is 5.01. The lowest BCUT2D eigenvalue weighted by molar-refractivity contribution is 0.359. The van der Waals surface area contributed by atoms with E-state index in [9.17, 15) is 0 Å². The van der Waals surface area contributed by atoms with Crippen LogP contribution in [0.3, 0.4) is 0 Å². The van der Waals surface area contributed by atoms with Crippen molar-refractivity contribution < 1.29 is 0 Å². The lowest BCUT2D eigenvalue weighted by Crippen LogP contribution is -2.23. The van der Waals surface area contributed by atoms with Crippen molar-refractivity contribution in [2.45, 2.75) is 37.5 Å². The van der Waals surface area contributed by atoms with E-state index < -0.39 is 0 Å². The highest BCUT2D eigenvalue weighted by atomic mass is 15.4. The minimum Gasteiger partial charge on any atom is -0.355 e. The molecule has 1 aliphatic heterocycles. The minimum atomic E-state index is 0.717. The van der Waals surface area contributed by atoms with E-state index in [0.29, 0.717) is 5.56 Å². The normalized spacial score (nSPS) is 23.8. The van der Waals surface area contributed by atoms with E-state index in [1.165, 1.54) is 42.7 Å². The Labute approximate surface area is 143 Å². The Hall–Kier alpha value is -2.47. The SMILES string of the molecule is CN1CN(c2ccc(C#N)cc2)c2cc3c(cc21)C1CCC3CC1. The fourth-order valence-electron chi connectivity index (χ4n) is 4.85. The Morgan fingerprint density at radius 2 is 1.50 bits per heavy atom. The van der Waals surface area contributed by atoms with Gasteiger partial charge in [-0.3, -0.25) is 0 Å². The zero-order chi connectivity index (χ0) is 16.3. The monoisotopic (exact) mass is 315 g/mol. The van der Waals surface area contributed by atoms with Crippen LogP contribution in [0, 0.1) is 11.3 Å². The predicted molar refractivity (Wildman–Crippen MR) is 97.0 cm³/mol. The van der Waals surface area contributed by atoms with Crippen LogP contribution in [0.1, 0.15) is 54.2 Å². The average Bonchev–Trinajstić information content (AvgIpc) is 2.97. The van der Waals surface area contributed by atoms with Crippen LogP contribution in [0.2, 0.25) is 0 Å². The van der Waals surface area contributed by atoms with Gasteiger partial charge < -0.3 is 9.80 Å². The van der Waals surface area contributed by atoms with Gasteiger partial charge in [-0.25, -0.2) is 0 Å². The third-order valence-corrected chi connectivity index (χ3v) is 6.15. The Bertz CT molecular complexity index is 839. The van der Waals surface area contributed by atoms with Gasteiger partial charge in [0.05, 0.1) is 29.7 Å². The lowest BCUT2D eigenvalue weighted by atomic mass is 9.67. The fourth-order valence-corrected chi connectivity index (χ4v) is 4.85. The van der Waals surface area contributed by atoms with E-state index in [-0.39, 0.29) is 0 Å². The number of rotatable bonds is 1. The van der Waals surface area contributed by atoms with Gasteiger partial charge in [0.15, 0.2) is 0 Å². The van der Waals surface area contributed by atoms with Gasteiger partial charge in [-0.2, -0.15) is 5.26 Å². The average molecular weight is 315 g/mol. The number of hydrogen-bond acceptors (Lipinski definition) is 3. The zero-order valence-corrected chi connectivity index (χ0v) is 14.0. The maximum Gasteiger partial charge on any atom is 0.0991 e. The summed E-state index contributed by atoms with van der Waals surface area (Å²) in [5.41, 5.74) is 7.78. The summed E-state index contributed by atoms with van der Waals surface area (Å²) in [4.78, 5) is 4.72. The number of nitrogens with zero attached hydrogens (tertiary/aromatic N) is 3. The highest BCUT2D eigenvalue weighted by Gasteiger charge is 2.36. The highest BCUT2D eigenvalue weighted by Crippen LogP contribution is 2.53. The van der Waals surface area contributed by atoms with Crippen LogP contribution in [0.15, 0.2) is 36.4 Å². The molecule has 1 fully saturated rings. The van der Waals surface area contributed by atoms with Gasteiger partial charge in [0, 0.05) is 12.7 Å². The molecule has 1 heterocycles. The van der Waals surface area contributed by atoms with Crippen LogP contribution in [0.4, 0.5) is 17.1 Å². The molecule has 4 aliphatic rings. The predicted octanol–water partition coefficient (Wildman–Crippen LogP) is 4.86. The molecule has 3 aliphatic carbocycles. The lowest BCUT2D eigenvalue weighted by Gasteiger charge is -2.39. The number of fused-ring (bicyclic) bond motifs is 3. The molecule has 0 amide bonds. The first-order chi connectivity index (χ1) is 11.7. The second-order valence-corrected chi connectivity index (χ2v) is 7.44. The molecule has 120 valence electrons. The molecule has 24 heavy (non-hydrogen) atoms. The molecular formula is C21H21N3. The number of hydrogen-bond donors (Lipinski definition) is 0. The molecule has 2 aromatic rings. The van der Waals surface area contributed by atoms with Gasteiger partial charge in [-0.05, 0) is 85.0 Å². The first kappa shape index (κ1) is 13.9. The molecule has 0 radical (unpaired) electrons. The molecule has 2 bridgehead atoms. The minimum absolute atomic E-state index is 0.717. The van der Waals surface area contributed by atoms with E-state index in [1.54, 1.807) is 11.1 Å². The second-order valence-electron chi connectivity index (χ2n) is 7.44. The van der Waals surface area contributed by atoms with Gasteiger partial charge in [-0.15, -0.1) is 0 Å². The summed E-state index contributed by atoms with van der Waals surface area (Å²) in [5, 5.41) is 9.01. The molecule has 3 heteroatoms. The van der Waals surface area contributed by atoms with Crippen LogP contribution in [0.5, 0.6) is 0 Å². The highest BCUT2D eigenvalue weighted by molar-refractivity contribution is 5.84. The summed E-state index contributed by atoms with van der Waals surface area (Å²) in [6.45, 7) is 0.874. The first-order valence-corrected chi connectivity index (χ1v) is 8.91. The summed E-state index contributed by atoms with van der Waals surface area (Å²) in [7, 11) is 2.18. The van der Waals surface area contributed by atoms with Gasteiger partial charge in [0.1, 0.15) is 0 Å². The molecule has 0 spiro atoms. The first-order valence-electron chi connectivity index (χ1n) is 8.91. The van der Waals surface area contributed by atoms with Crippen molar-refractivity contribution in [1.29, 1.82) is 5.26 Å². The molecule has 0 N–H and O–H groups in total. The molecule has 0 atom stereocenters. The van der Waals surface area contributed by atoms with Crippen LogP contribution >= 0.6 is 0 Å². The molecule has 1 saturated carbocycles. The fraction of sp³-hybridized carbons (Fsp3) is 0.381. The van der Waals surface area contributed by atoms with Crippen molar-refractivity contribution in [3.05, 3.63) is 53.1 Å².